The molecule has 1 aromatic rings. The highest BCUT2D eigenvalue weighted by Crippen LogP contribution is 2.44. The van der Waals surface area contributed by atoms with Crippen LogP contribution in [0.5, 0.6) is 0 Å². The molecule has 1 unspecified atom stereocenters. The predicted octanol–water partition coefficient (Wildman–Crippen LogP) is 2.41. The van der Waals surface area contributed by atoms with Gasteiger partial charge in [0.2, 0.25) is 0 Å². The van der Waals surface area contributed by atoms with Crippen LogP contribution in [0.25, 0.3) is 0 Å². The summed E-state index contributed by atoms with van der Waals surface area (Å²) in [6, 6.07) is 3.79. The molecule has 0 bridgehead atoms. The molecule has 17 heavy (non-hydrogen) atoms. The maximum absolute atomic E-state index is 10.6. The van der Waals surface area contributed by atoms with E-state index in [2.05, 4.69) is 4.98 Å². The third-order valence-corrected chi connectivity index (χ3v) is 4.11. The van der Waals surface area contributed by atoms with Crippen LogP contribution in [0, 0.1) is 5.41 Å². The summed E-state index contributed by atoms with van der Waals surface area (Å²) < 4.78 is 0. The molecule has 94 valence electrons. The van der Waals surface area contributed by atoms with Crippen molar-refractivity contribution in [2.45, 2.75) is 44.6 Å². The summed E-state index contributed by atoms with van der Waals surface area (Å²) in [5.41, 5.74) is 6.79. The predicted molar refractivity (Wildman–Crippen MR) is 68.4 cm³/mol. The monoisotopic (exact) mass is 234 g/mol. The summed E-state index contributed by atoms with van der Waals surface area (Å²) >= 11 is 0. The zero-order chi connectivity index (χ0) is 12.1. The third-order valence-electron chi connectivity index (χ3n) is 4.11. The van der Waals surface area contributed by atoms with Gasteiger partial charge in [-0.25, -0.2) is 0 Å². The second-order valence-corrected chi connectivity index (χ2v) is 5.16. The largest absolute Gasteiger partial charge is 0.388 e. The molecule has 3 nitrogen and oxygen atoms in total. The fraction of sp³-hybridized carbons (Fsp3) is 0.643. The number of aromatic nitrogens is 1. The quantitative estimate of drug-likeness (QED) is 0.790. The van der Waals surface area contributed by atoms with Crippen LogP contribution < -0.4 is 5.73 Å². The average Bonchev–Trinajstić information content (AvgIpc) is 2.65. The summed E-state index contributed by atoms with van der Waals surface area (Å²) in [6.07, 6.45) is 9.99. The second-order valence-electron chi connectivity index (χ2n) is 5.16. The SMILES string of the molecule is NCC1(C(O)c2ccncc2)CCCCCC1. The number of pyridine rings is 1. The van der Waals surface area contributed by atoms with E-state index in [-0.39, 0.29) is 5.41 Å². The Morgan fingerprint density at radius 3 is 2.29 bits per heavy atom. The Bertz CT molecular complexity index is 331. The first-order valence-electron chi connectivity index (χ1n) is 6.56. The van der Waals surface area contributed by atoms with Crippen molar-refractivity contribution in [2.24, 2.45) is 11.1 Å². The molecular weight excluding hydrogens is 212 g/mol. The average molecular weight is 234 g/mol. The number of nitrogens with zero attached hydrogens (tertiary/aromatic N) is 1. The van der Waals surface area contributed by atoms with Gasteiger partial charge < -0.3 is 10.8 Å². The Labute approximate surface area is 103 Å². The first-order valence-corrected chi connectivity index (χ1v) is 6.56. The highest BCUT2D eigenvalue weighted by atomic mass is 16.3. The molecule has 1 aromatic heterocycles. The summed E-state index contributed by atoms with van der Waals surface area (Å²) in [4.78, 5) is 4.00. The lowest BCUT2D eigenvalue weighted by Crippen LogP contribution is -2.36. The molecule has 0 radical (unpaired) electrons. The van der Waals surface area contributed by atoms with Gasteiger partial charge in [-0.05, 0) is 30.5 Å². The van der Waals surface area contributed by atoms with Gasteiger partial charge in [0.15, 0.2) is 0 Å². The molecule has 0 saturated heterocycles. The highest BCUT2D eigenvalue weighted by Gasteiger charge is 2.37. The van der Waals surface area contributed by atoms with Crippen LogP contribution in [0.2, 0.25) is 0 Å². The van der Waals surface area contributed by atoms with Gasteiger partial charge in [-0.15, -0.1) is 0 Å². The van der Waals surface area contributed by atoms with E-state index < -0.39 is 6.10 Å². The Morgan fingerprint density at radius 2 is 1.76 bits per heavy atom. The molecule has 1 aliphatic rings. The molecule has 1 heterocycles. The molecule has 1 aliphatic carbocycles. The molecular formula is C14H22N2O. The zero-order valence-corrected chi connectivity index (χ0v) is 10.3. The molecule has 0 aromatic carbocycles. The molecule has 1 saturated carbocycles. The van der Waals surface area contributed by atoms with Crippen LogP contribution in [-0.2, 0) is 0 Å². The summed E-state index contributed by atoms with van der Waals surface area (Å²) in [6.45, 7) is 0.566. The van der Waals surface area contributed by atoms with Crippen molar-refractivity contribution in [1.29, 1.82) is 0 Å². The van der Waals surface area contributed by atoms with E-state index in [9.17, 15) is 5.11 Å². The standard InChI is InChI=1S/C14H22N2O/c15-11-14(7-3-1-2-4-8-14)13(17)12-5-9-16-10-6-12/h5-6,9-10,13,17H,1-4,7-8,11,15H2. The van der Waals surface area contributed by atoms with Crippen molar-refractivity contribution in [3.63, 3.8) is 0 Å². The van der Waals surface area contributed by atoms with Crippen LogP contribution in [0.3, 0.4) is 0 Å². The van der Waals surface area contributed by atoms with E-state index in [1.165, 1.54) is 25.7 Å². The number of hydrogen-bond acceptors (Lipinski definition) is 3. The maximum atomic E-state index is 10.6. The van der Waals surface area contributed by atoms with Crippen molar-refractivity contribution in [3.8, 4) is 0 Å². The minimum Gasteiger partial charge on any atom is -0.388 e. The molecule has 1 fully saturated rings. The van der Waals surface area contributed by atoms with Gasteiger partial charge in [0, 0.05) is 24.4 Å². The van der Waals surface area contributed by atoms with Crippen LogP contribution in [-0.4, -0.2) is 16.6 Å². The lowest BCUT2D eigenvalue weighted by molar-refractivity contribution is 0.0166. The summed E-state index contributed by atoms with van der Waals surface area (Å²) in [7, 11) is 0. The van der Waals surface area contributed by atoms with Gasteiger partial charge >= 0.3 is 0 Å². The first-order chi connectivity index (χ1) is 8.28. The van der Waals surface area contributed by atoms with Crippen molar-refractivity contribution in [1.82, 2.24) is 4.98 Å². The topological polar surface area (TPSA) is 59.1 Å². The minimum absolute atomic E-state index is 0.127. The first kappa shape index (κ1) is 12.5. The van der Waals surface area contributed by atoms with Gasteiger partial charge in [-0.1, -0.05) is 25.7 Å². The minimum atomic E-state index is -0.450. The van der Waals surface area contributed by atoms with Crippen LogP contribution in [0.15, 0.2) is 24.5 Å². The van der Waals surface area contributed by atoms with E-state index in [0.29, 0.717) is 6.54 Å². The van der Waals surface area contributed by atoms with Gasteiger partial charge in [0.05, 0.1) is 6.10 Å². The molecule has 0 spiro atoms. The third kappa shape index (κ3) is 2.67. The normalized spacial score (nSPS) is 21.8. The van der Waals surface area contributed by atoms with Crippen molar-refractivity contribution >= 4 is 0 Å². The smallest absolute Gasteiger partial charge is 0.0859 e. The Kier molecular flexibility index (Phi) is 4.13. The van der Waals surface area contributed by atoms with Crippen LogP contribution >= 0.6 is 0 Å². The van der Waals surface area contributed by atoms with Gasteiger partial charge in [0.25, 0.3) is 0 Å². The molecule has 0 amide bonds. The summed E-state index contributed by atoms with van der Waals surface area (Å²) in [5, 5.41) is 10.6. The van der Waals surface area contributed by atoms with E-state index in [1.54, 1.807) is 12.4 Å². The second kappa shape index (κ2) is 5.61. The lowest BCUT2D eigenvalue weighted by Gasteiger charge is -2.36. The Morgan fingerprint density at radius 1 is 1.18 bits per heavy atom. The van der Waals surface area contributed by atoms with E-state index >= 15 is 0 Å². The van der Waals surface area contributed by atoms with Gasteiger partial charge in [-0.2, -0.15) is 0 Å². The molecule has 3 N–H and O–H groups in total. The maximum Gasteiger partial charge on any atom is 0.0859 e. The molecule has 3 heteroatoms. The van der Waals surface area contributed by atoms with Crippen LogP contribution in [0.1, 0.15) is 50.2 Å². The van der Waals surface area contributed by atoms with Crippen molar-refractivity contribution < 1.29 is 5.11 Å². The Balaban J connectivity index is 2.21. The van der Waals surface area contributed by atoms with Crippen molar-refractivity contribution in [2.75, 3.05) is 6.54 Å². The lowest BCUT2D eigenvalue weighted by atomic mass is 9.73. The van der Waals surface area contributed by atoms with Gasteiger partial charge in [0.1, 0.15) is 0 Å². The number of aliphatic hydroxyl groups is 1. The molecule has 2 rings (SSSR count). The van der Waals surface area contributed by atoms with E-state index in [0.717, 1.165) is 18.4 Å². The molecule has 0 aliphatic heterocycles. The van der Waals surface area contributed by atoms with E-state index in [1.807, 2.05) is 12.1 Å². The number of hydrogen-bond donors (Lipinski definition) is 2. The van der Waals surface area contributed by atoms with Gasteiger partial charge in [-0.3, -0.25) is 4.98 Å². The summed E-state index contributed by atoms with van der Waals surface area (Å²) in [5.74, 6) is 0. The zero-order valence-electron chi connectivity index (χ0n) is 10.3. The fourth-order valence-corrected chi connectivity index (χ4v) is 2.92. The molecule has 1 atom stereocenters. The Hall–Kier alpha value is -0.930. The number of aliphatic hydroxyl groups excluding tert-OH is 1. The van der Waals surface area contributed by atoms with E-state index in [4.69, 9.17) is 5.73 Å². The fourth-order valence-electron chi connectivity index (χ4n) is 2.92. The highest BCUT2D eigenvalue weighted by molar-refractivity contribution is 5.16. The number of nitrogens with two attached hydrogens (primary N) is 1. The van der Waals surface area contributed by atoms with Crippen molar-refractivity contribution in [3.05, 3.63) is 30.1 Å². The number of rotatable bonds is 3. The van der Waals surface area contributed by atoms with Crippen LogP contribution in [0.4, 0.5) is 0 Å².